The second-order valence-corrected chi connectivity index (χ2v) is 5.83. The van der Waals surface area contributed by atoms with Gasteiger partial charge in [-0.25, -0.2) is 0 Å². The van der Waals surface area contributed by atoms with E-state index in [-0.39, 0.29) is 6.04 Å². The molecule has 1 heterocycles. The highest BCUT2D eigenvalue weighted by Gasteiger charge is 2.11. The SMILES string of the molecule is CCOc1ccc([C@@H](C)NCc2nnc(-c3ccc(OC)cc3)o2)cc1. The Balaban J connectivity index is 1.58. The zero-order valence-electron chi connectivity index (χ0n) is 15.2. The topological polar surface area (TPSA) is 69.4 Å². The smallest absolute Gasteiger partial charge is 0.247 e. The zero-order chi connectivity index (χ0) is 18.4. The molecule has 1 N–H and O–H groups in total. The molecule has 0 saturated carbocycles. The molecule has 0 radical (unpaired) electrons. The quantitative estimate of drug-likeness (QED) is 0.660. The van der Waals surface area contributed by atoms with Crippen LogP contribution in [-0.2, 0) is 6.54 Å². The molecule has 0 aliphatic rings. The Hall–Kier alpha value is -2.86. The number of rotatable bonds is 8. The summed E-state index contributed by atoms with van der Waals surface area (Å²) in [5, 5.41) is 11.6. The van der Waals surface area contributed by atoms with E-state index in [2.05, 4.69) is 34.6 Å². The first-order chi connectivity index (χ1) is 12.7. The van der Waals surface area contributed by atoms with Crippen molar-refractivity contribution < 1.29 is 13.9 Å². The molecule has 3 rings (SSSR count). The number of methoxy groups -OCH3 is 1. The summed E-state index contributed by atoms with van der Waals surface area (Å²) in [5.41, 5.74) is 2.03. The van der Waals surface area contributed by atoms with Crippen LogP contribution in [0.5, 0.6) is 11.5 Å². The van der Waals surface area contributed by atoms with E-state index in [0.29, 0.717) is 24.9 Å². The first kappa shape index (κ1) is 17.9. The number of nitrogens with zero attached hydrogens (tertiary/aromatic N) is 2. The standard InChI is InChI=1S/C20H23N3O3/c1-4-25-18-11-5-15(6-12-18)14(2)21-13-19-22-23-20(26-19)16-7-9-17(24-3)10-8-16/h5-12,14,21H,4,13H2,1-3H3/t14-/m1/s1. The van der Waals surface area contributed by atoms with Crippen LogP contribution < -0.4 is 14.8 Å². The molecular weight excluding hydrogens is 330 g/mol. The maximum atomic E-state index is 5.74. The van der Waals surface area contributed by atoms with Crippen molar-refractivity contribution in [3.63, 3.8) is 0 Å². The van der Waals surface area contributed by atoms with E-state index in [1.807, 2.05) is 43.3 Å². The van der Waals surface area contributed by atoms with Crippen LogP contribution in [0.25, 0.3) is 11.5 Å². The number of ether oxygens (including phenoxy) is 2. The maximum absolute atomic E-state index is 5.74. The van der Waals surface area contributed by atoms with Crippen molar-refractivity contribution in [3.8, 4) is 23.0 Å². The van der Waals surface area contributed by atoms with Gasteiger partial charge in [-0.15, -0.1) is 10.2 Å². The number of benzene rings is 2. The lowest BCUT2D eigenvalue weighted by atomic mass is 10.1. The molecule has 1 aromatic heterocycles. The summed E-state index contributed by atoms with van der Waals surface area (Å²) >= 11 is 0. The van der Waals surface area contributed by atoms with Gasteiger partial charge >= 0.3 is 0 Å². The van der Waals surface area contributed by atoms with E-state index < -0.39 is 0 Å². The van der Waals surface area contributed by atoms with Gasteiger partial charge < -0.3 is 19.2 Å². The highest BCUT2D eigenvalue weighted by molar-refractivity contribution is 5.53. The van der Waals surface area contributed by atoms with Crippen LogP contribution >= 0.6 is 0 Å². The van der Waals surface area contributed by atoms with Gasteiger partial charge in [0.25, 0.3) is 0 Å². The largest absolute Gasteiger partial charge is 0.497 e. The van der Waals surface area contributed by atoms with Gasteiger partial charge in [0, 0.05) is 11.6 Å². The summed E-state index contributed by atoms with van der Waals surface area (Å²) in [4.78, 5) is 0. The average Bonchev–Trinajstić information content (AvgIpc) is 3.16. The molecule has 0 fully saturated rings. The maximum Gasteiger partial charge on any atom is 0.247 e. The van der Waals surface area contributed by atoms with Gasteiger partial charge in [0.05, 0.1) is 20.3 Å². The number of aromatic nitrogens is 2. The lowest BCUT2D eigenvalue weighted by molar-refractivity contribution is 0.340. The lowest BCUT2D eigenvalue weighted by Crippen LogP contribution is -2.18. The minimum absolute atomic E-state index is 0.155. The molecular formula is C20H23N3O3. The number of hydrogen-bond acceptors (Lipinski definition) is 6. The molecule has 2 aromatic carbocycles. The molecule has 0 amide bonds. The molecule has 3 aromatic rings. The van der Waals surface area contributed by atoms with Gasteiger partial charge in [-0.3, -0.25) is 0 Å². The molecule has 0 saturated heterocycles. The molecule has 0 aliphatic carbocycles. The van der Waals surface area contributed by atoms with Gasteiger partial charge in [0.2, 0.25) is 11.8 Å². The molecule has 26 heavy (non-hydrogen) atoms. The molecule has 6 heteroatoms. The average molecular weight is 353 g/mol. The second-order valence-electron chi connectivity index (χ2n) is 5.83. The molecule has 1 atom stereocenters. The zero-order valence-corrected chi connectivity index (χ0v) is 15.2. The minimum Gasteiger partial charge on any atom is -0.497 e. The highest BCUT2D eigenvalue weighted by atomic mass is 16.5. The number of nitrogens with one attached hydrogen (secondary N) is 1. The molecule has 6 nitrogen and oxygen atoms in total. The molecule has 0 bridgehead atoms. The first-order valence-electron chi connectivity index (χ1n) is 8.62. The molecule has 136 valence electrons. The van der Waals surface area contributed by atoms with Crippen LogP contribution in [0.15, 0.2) is 52.9 Å². The Morgan fingerprint density at radius 3 is 2.35 bits per heavy atom. The van der Waals surface area contributed by atoms with E-state index in [0.717, 1.165) is 17.1 Å². The van der Waals surface area contributed by atoms with E-state index >= 15 is 0 Å². The van der Waals surface area contributed by atoms with Crippen LogP contribution in [0.1, 0.15) is 31.3 Å². The predicted octanol–water partition coefficient (Wildman–Crippen LogP) is 3.99. The first-order valence-corrected chi connectivity index (χ1v) is 8.62. The van der Waals surface area contributed by atoms with Gasteiger partial charge in [-0.1, -0.05) is 12.1 Å². The number of hydrogen-bond donors (Lipinski definition) is 1. The second kappa shape index (κ2) is 8.49. The normalized spacial score (nSPS) is 12.0. The van der Waals surface area contributed by atoms with Crippen LogP contribution in [0.4, 0.5) is 0 Å². The summed E-state index contributed by atoms with van der Waals surface area (Å²) in [6.07, 6.45) is 0. The Bertz CT molecular complexity index is 813. The van der Waals surface area contributed by atoms with Crippen molar-refractivity contribution >= 4 is 0 Å². The van der Waals surface area contributed by atoms with Crippen molar-refractivity contribution in [1.29, 1.82) is 0 Å². The van der Waals surface area contributed by atoms with Crippen molar-refractivity contribution in [2.75, 3.05) is 13.7 Å². The summed E-state index contributed by atoms with van der Waals surface area (Å²) in [5.74, 6) is 2.72. The van der Waals surface area contributed by atoms with Gasteiger partial charge in [0.1, 0.15) is 11.5 Å². The van der Waals surface area contributed by atoms with Crippen LogP contribution in [0.2, 0.25) is 0 Å². The van der Waals surface area contributed by atoms with Gasteiger partial charge in [-0.2, -0.15) is 0 Å². The van der Waals surface area contributed by atoms with Crippen molar-refractivity contribution in [2.24, 2.45) is 0 Å². The van der Waals surface area contributed by atoms with E-state index in [1.54, 1.807) is 7.11 Å². The van der Waals surface area contributed by atoms with Crippen molar-refractivity contribution in [3.05, 3.63) is 60.0 Å². The lowest BCUT2D eigenvalue weighted by Gasteiger charge is -2.13. The van der Waals surface area contributed by atoms with Gasteiger partial charge in [-0.05, 0) is 55.8 Å². The Labute approximate surface area is 153 Å². The van der Waals surface area contributed by atoms with Gasteiger partial charge in [0.15, 0.2) is 0 Å². The predicted molar refractivity (Wildman–Crippen MR) is 99.2 cm³/mol. The molecule has 0 unspecified atom stereocenters. The molecule has 0 spiro atoms. The van der Waals surface area contributed by atoms with E-state index in [1.165, 1.54) is 5.56 Å². The Morgan fingerprint density at radius 2 is 1.69 bits per heavy atom. The van der Waals surface area contributed by atoms with Crippen LogP contribution in [0.3, 0.4) is 0 Å². The molecule has 0 aliphatic heterocycles. The monoisotopic (exact) mass is 353 g/mol. The fourth-order valence-corrected chi connectivity index (χ4v) is 2.55. The fourth-order valence-electron chi connectivity index (χ4n) is 2.55. The Kier molecular flexibility index (Phi) is 5.86. The minimum atomic E-state index is 0.155. The van der Waals surface area contributed by atoms with Crippen molar-refractivity contribution in [1.82, 2.24) is 15.5 Å². The fraction of sp³-hybridized carbons (Fsp3) is 0.300. The summed E-state index contributed by atoms with van der Waals surface area (Å²) < 4.78 is 16.4. The van der Waals surface area contributed by atoms with E-state index in [4.69, 9.17) is 13.9 Å². The summed E-state index contributed by atoms with van der Waals surface area (Å²) in [7, 11) is 1.64. The highest BCUT2D eigenvalue weighted by Crippen LogP contribution is 2.22. The third-order valence-corrected chi connectivity index (χ3v) is 4.05. The van der Waals surface area contributed by atoms with Crippen LogP contribution in [-0.4, -0.2) is 23.9 Å². The Morgan fingerprint density at radius 1 is 1.00 bits per heavy atom. The summed E-state index contributed by atoms with van der Waals surface area (Å²) in [6, 6.07) is 15.7. The third kappa shape index (κ3) is 4.40. The third-order valence-electron chi connectivity index (χ3n) is 4.05. The summed E-state index contributed by atoms with van der Waals surface area (Å²) in [6.45, 7) is 5.23. The van der Waals surface area contributed by atoms with Crippen LogP contribution in [0, 0.1) is 0 Å². The van der Waals surface area contributed by atoms with E-state index in [9.17, 15) is 0 Å². The van der Waals surface area contributed by atoms with Crippen molar-refractivity contribution in [2.45, 2.75) is 26.4 Å².